The Morgan fingerprint density at radius 3 is 3.08 bits per heavy atom. The van der Waals surface area contributed by atoms with Gasteiger partial charge in [-0.05, 0) is 24.3 Å². The third-order valence-electron chi connectivity index (χ3n) is 2.07. The quantitative estimate of drug-likeness (QED) is 0.696. The minimum Gasteiger partial charge on any atom is -0.324 e. The van der Waals surface area contributed by atoms with E-state index in [1.807, 2.05) is 23.9 Å². The first-order valence-electron chi connectivity index (χ1n) is 3.96. The van der Waals surface area contributed by atoms with Crippen molar-refractivity contribution in [3.05, 3.63) is 28.8 Å². The second-order valence-electron chi connectivity index (χ2n) is 2.90. The van der Waals surface area contributed by atoms with Crippen molar-refractivity contribution in [2.75, 3.05) is 5.75 Å². The predicted molar refractivity (Wildman–Crippen MR) is 53.7 cm³/mol. The highest BCUT2D eigenvalue weighted by atomic mass is 35.5. The van der Waals surface area contributed by atoms with Crippen LogP contribution in [0.2, 0.25) is 5.02 Å². The third-order valence-corrected chi connectivity index (χ3v) is 3.51. The van der Waals surface area contributed by atoms with Crippen LogP contribution in [-0.2, 0) is 0 Å². The molecule has 1 atom stereocenters. The van der Waals surface area contributed by atoms with Gasteiger partial charge in [0, 0.05) is 21.5 Å². The largest absolute Gasteiger partial charge is 0.324 e. The summed E-state index contributed by atoms with van der Waals surface area (Å²) >= 11 is 7.89. The molecule has 0 fully saturated rings. The van der Waals surface area contributed by atoms with Crippen LogP contribution in [0.4, 0.5) is 0 Å². The molecule has 1 aromatic carbocycles. The van der Waals surface area contributed by atoms with Gasteiger partial charge in [0.15, 0.2) is 0 Å². The molecule has 1 aromatic rings. The molecule has 1 aliphatic rings. The van der Waals surface area contributed by atoms with Gasteiger partial charge in [0.05, 0.1) is 0 Å². The normalized spacial score (nSPS) is 22.0. The lowest BCUT2D eigenvalue weighted by molar-refractivity contribution is 0.680. The zero-order chi connectivity index (χ0) is 8.55. The first-order chi connectivity index (χ1) is 5.79. The summed E-state index contributed by atoms with van der Waals surface area (Å²) in [6.45, 7) is 0. The number of halogens is 1. The maximum Gasteiger partial charge on any atom is 0.0464 e. The number of fused-ring (bicyclic) bond motifs is 1. The van der Waals surface area contributed by atoms with Gasteiger partial charge in [-0.3, -0.25) is 0 Å². The second-order valence-corrected chi connectivity index (χ2v) is 4.44. The summed E-state index contributed by atoms with van der Waals surface area (Å²) in [6.07, 6.45) is 1.03. The third kappa shape index (κ3) is 1.35. The monoisotopic (exact) mass is 199 g/mol. The maximum atomic E-state index is 6.04. The Morgan fingerprint density at radius 2 is 2.33 bits per heavy atom. The zero-order valence-corrected chi connectivity index (χ0v) is 8.16. The lowest BCUT2D eigenvalue weighted by atomic mass is 10.1. The van der Waals surface area contributed by atoms with E-state index in [2.05, 4.69) is 6.07 Å². The van der Waals surface area contributed by atoms with Crippen molar-refractivity contribution < 1.29 is 0 Å². The molecule has 0 saturated heterocycles. The van der Waals surface area contributed by atoms with Crippen molar-refractivity contribution in [1.29, 1.82) is 0 Å². The van der Waals surface area contributed by atoms with Crippen LogP contribution in [0.15, 0.2) is 23.1 Å². The van der Waals surface area contributed by atoms with Crippen molar-refractivity contribution in [3.63, 3.8) is 0 Å². The number of hydrogen-bond donors (Lipinski definition) is 1. The molecule has 0 aliphatic carbocycles. The molecule has 0 saturated carbocycles. The highest BCUT2D eigenvalue weighted by molar-refractivity contribution is 7.99. The molecular weight excluding hydrogens is 190 g/mol. The Bertz CT molecular complexity index is 301. The molecule has 0 spiro atoms. The Hall–Kier alpha value is -0.180. The number of nitrogens with two attached hydrogens (primary N) is 1. The molecule has 64 valence electrons. The molecule has 1 nitrogen and oxygen atoms in total. The average molecular weight is 200 g/mol. The van der Waals surface area contributed by atoms with Crippen LogP contribution in [0.25, 0.3) is 0 Å². The van der Waals surface area contributed by atoms with Gasteiger partial charge in [-0.15, -0.1) is 11.8 Å². The fourth-order valence-electron chi connectivity index (χ4n) is 1.44. The van der Waals surface area contributed by atoms with Crippen molar-refractivity contribution in [2.45, 2.75) is 17.4 Å². The van der Waals surface area contributed by atoms with Gasteiger partial charge in [-0.1, -0.05) is 17.7 Å². The van der Waals surface area contributed by atoms with Gasteiger partial charge in [0.25, 0.3) is 0 Å². The van der Waals surface area contributed by atoms with Crippen molar-refractivity contribution in [2.24, 2.45) is 5.73 Å². The van der Waals surface area contributed by atoms with Crippen LogP contribution in [-0.4, -0.2) is 5.75 Å². The Labute approximate surface area is 81.3 Å². The number of rotatable bonds is 0. The Kier molecular flexibility index (Phi) is 2.31. The van der Waals surface area contributed by atoms with Crippen molar-refractivity contribution >= 4 is 23.4 Å². The highest BCUT2D eigenvalue weighted by Gasteiger charge is 2.19. The maximum absolute atomic E-state index is 6.04. The summed E-state index contributed by atoms with van der Waals surface area (Å²) in [7, 11) is 0. The van der Waals surface area contributed by atoms with Crippen molar-refractivity contribution in [1.82, 2.24) is 0 Å². The van der Waals surface area contributed by atoms with Gasteiger partial charge in [-0.2, -0.15) is 0 Å². The van der Waals surface area contributed by atoms with E-state index in [0.717, 1.165) is 22.8 Å². The molecule has 12 heavy (non-hydrogen) atoms. The first-order valence-corrected chi connectivity index (χ1v) is 5.32. The minimum atomic E-state index is 0.134. The van der Waals surface area contributed by atoms with Crippen LogP contribution in [0.3, 0.4) is 0 Å². The lowest BCUT2D eigenvalue weighted by Gasteiger charge is -2.22. The predicted octanol–water partition coefficient (Wildman–Crippen LogP) is 2.84. The molecular formula is C9H10ClNS. The molecule has 2 rings (SSSR count). The second kappa shape index (κ2) is 3.29. The number of benzene rings is 1. The van der Waals surface area contributed by atoms with Gasteiger partial charge >= 0.3 is 0 Å². The van der Waals surface area contributed by atoms with E-state index >= 15 is 0 Å². The molecule has 1 aliphatic heterocycles. The molecule has 3 heteroatoms. The zero-order valence-electron chi connectivity index (χ0n) is 6.59. The van der Waals surface area contributed by atoms with Gasteiger partial charge < -0.3 is 5.73 Å². The number of hydrogen-bond acceptors (Lipinski definition) is 2. The molecule has 0 aromatic heterocycles. The smallest absolute Gasteiger partial charge is 0.0464 e. The van der Waals surface area contributed by atoms with Gasteiger partial charge in [-0.25, -0.2) is 0 Å². The average Bonchev–Trinajstić information content (AvgIpc) is 2.04. The minimum absolute atomic E-state index is 0.134. The summed E-state index contributed by atoms with van der Waals surface area (Å²) < 4.78 is 0. The fourth-order valence-corrected chi connectivity index (χ4v) is 3.00. The molecule has 0 radical (unpaired) electrons. The number of thioether (sulfide) groups is 1. The van der Waals surface area contributed by atoms with Crippen LogP contribution >= 0.6 is 23.4 Å². The fraction of sp³-hybridized carbons (Fsp3) is 0.333. The highest BCUT2D eigenvalue weighted by Crippen LogP contribution is 2.38. The summed E-state index contributed by atoms with van der Waals surface area (Å²) in [5.41, 5.74) is 7.08. The van der Waals surface area contributed by atoms with E-state index in [1.54, 1.807) is 0 Å². The van der Waals surface area contributed by atoms with E-state index < -0.39 is 0 Å². The van der Waals surface area contributed by atoms with Crippen LogP contribution in [0.5, 0.6) is 0 Å². The molecule has 0 bridgehead atoms. The summed E-state index contributed by atoms with van der Waals surface area (Å²) in [5.74, 6) is 1.11. The van der Waals surface area contributed by atoms with Crippen LogP contribution in [0, 0.1) is 0 Å². The Balaban J connectivity index is 2.53. The van der Waals surface area contributed by atoms with Crippen LogP contribution < -0.4 is 5.73 Å². The van der Waals surface area contributed by atoms with Crippen LogP contribution in [0.1, 0.15) is 18.0 Å². The topological polar surface area (TPSA) is 26.0 Å². The standard InChI is InChI=1S/C9H10ClNS/c10-6-2-1-3-8-9(6)7(11)4-5-12-8/h1-3,7H,4-5,11H2. The summed E-state index contributed by atoms with van der Waals surface area (Å²) in [5, 5.41) is 0.812. The van der Waals surface area contributed by atoms with E-state index in [9.17, 15) is 0 Å². The summed E-state index contributed by atoms with van der Waals surface area (Å²) in [4.78, 5) is 1.25. The molecule has 1 heterocycles. The summed E-state index contributed by atoms with van der Waals surface area (Å²) in [6, 6.07) is 6.11. The van der Waals surface area contributed by atoms with E-state index in [4.69, 9.17) is 17.3 Å². The molecule has 1 unspecified atom stereocenters. The molecule has 2 N–H and O–H groups in total. The van der Waals surface area contributed by atoms with Crippen molar-refractivity contribution in [3.8, 4) is 0 Å². The molecule has 0 amide bonds. The first kappa shape index (κ1) is 8.42. The SMILES string of the molecule is NC1CCSc2cccc(Cl)c21. The lowest BCUT2D eigenvalue weighted by Crippen LogP contribution is -2.16. The Morgan fingerprint density at radius 1 is 1.50 bits per heavy atom. The van der Waals surface area contributed by atoms with E-state index in [0.29, 0.717) is 0 Å². The van der Waals surface area contributed by atoms with Gasteiger partial charge in [0.1, 0.15) is 0 Å². The van der Waals surface area contributed by atoms with E-state index in [1.165, 1.54) is 4.90 Å². The van der Waals surface area contributed by atoms with E-state index in [-0.39, 0.29) is 6.04 Å². The van der Waals surface area contributed by atoms with Gasteiger partial charge in [0.2, 0.25) is 0 Å².